The molecule has 29 heavy (non-hydrogen) atoms. The molecule has 1 saturated heterocycles. The van der Waals surface area contributed by atoms with Crippen molar-refractivity contribution in [1.82, 2.24) is 0 Å². The monoisotopic (exact) mass is 397 g/mol. The standard InChI is InChI=1S/C22H23NO6/c1-26-20(24)16-15-9-10-22(29-15,17(16)21(25)27-2)19-13-7-5-11-28-18(13)12-6-3-4-8-14(12)23-19/h3-4,6,8-10,13,15,18-19,23H,5,7,11H2,1-2H3. The minimum absolute atomic E-state index is 0.0682. The third-order valence-corrected chi connectivity index (χ3v) is 6.42. The number of rotatable bonds is 3. The maximum atomic E-state index is 12.8. The predicted molar refractivity (Wildman–Crippen MR) is 103 cm³/mol. The zero-order valence-electron chi connectivity index (χ0n) is 16.3. The summed E-state index contributed by atoms with van der Waals surface area (Å²) in [5.74, 6) is -1.08. The number of hydrogen-bond acceptors (Lipinski definition) is 7. The van der Waals surface area contributed by atoms with Gasteiger partial charge in [-0.25, -0.2) is 9.59 Å². The van der Waals surface area contributed by atoms with Crippen molar-refractivity contribution in [3.05, 3.63) is 53.1 Å². The Labute approximate surface area is 168 Å². The van der Waals surface area contributed by atoms with Crippen LogP contribution < -0.4 is 5.32 Å². The number of esters is 2. The summed E-state index contributed by atoms with van der Waals surface area (Å²) in [5, 5.41) is 3.59. The van der Waals surface area contributed by atoms with E-state index in [1.54, 1.807) is 0 Å². The molecule has 0 radical (unpaired) electrons. The molecule has 5 unspecified atom stereocenters. The van der Waals surface area contributed by atoms with Crippen LogP contribution in [-0.2, 0) is 28.5 Å². The van der Waals surface area contributed by atoms with Gasteiger partial charge >= 0.3 is 11.9 Å². The largest absolute Gasteiger partial charge is 0.466 e. The summed E-state index contributed by atoms with van der Waals surface area (Å²) in [5.41, 5.74) is 1.39. The van der Waals surface area contributed by atoms with Crippen LogP contribution in [-0.4, -0.2) is 50.5 Å². The molecule has 0 amide bonds. The highest BCUT2D eigenvalue weighted by Gasteiger charge is 2.61. The molecule has 7 heteroatoms. The molecule has 0 aromatic heterocycles. The fraction of sp³-hybridized carbons (Fsp3) is 0.455. The Morgan fingerprint density at radius 1 is 1.17 bits per heavy atom. The molecule has 4 aliphatic heterocycles. The van der Waals surface area contributed by atoms with E-state index in [0.29, 0.717) is 6.61 Å². The molecule has 1 N–H and O–H groups in total. The summed E-state index contributed by atoms with van der Waals surface area (Å²) in [6.07, 6.45) is 4.82. The fourth-order valence-corrected chi connectivity index (χ4v) is 5.24. The van der Waals surface area contributed by atoms with E-state index < -0.39 is 23.6 Å². The van der Waals surface area contributed by atoms with Crippen LogP contribution in [0.4, 0.5) is 5.69 Å². The van der Waals surface area contributed by atoms with Gasteiger partial charge in [-0.15, -0.1) is 0 Å². The Bertz CT molecular complexity index is 937. The van der Waals surface area contributed by atoms with Gasteiger partial charge in [0.25, 0.3) is 0 Å². The van der Waals surface area contributed by atoms with Crippen molar-refractivity contribution in [3.63, 3.8) is 0 Å². The van der Waals surface area contributed by atoms with E-state index in [1.165, 1.54) is 14.2 Å². The fourth-order valence-electron chi connectivity index (χ4n) is 5.24. The van der Waals surface area contributed by atoms with E-state index in [1.807, 2.05) is 30.4 Å². The van der Waals surface area contributed by atoms with Crippen molar-refractivity contribution in [2.45, 2.75) is 36.7 Å². The Kier molecular flexibility index (Phi) is 4.26. The molecular formula is C22H23NO6. The number of carbonyl (C=O) groups excluding carboxylic acids is 2. The summed E-state index contributed by atoms with van der Waals surface area (Å²) in [4.78, 5) is 25.3. The highest BCUT2D eigenvalue weighted by Crippen LogP contribution is 2.54. The maximum absolute atomic E-state index is 12.8. The smallest absolute Gasteiger partial charge is 0.337 e. The molecule has 5 rings (SSSR count). The minimum Gasteiger partial charge on any atom is -0.466 e. The van der Waals surface area contributed by atoms with Crippen LogP contribution in [0.15, 0.2) is 47.6 Å². The van der Waals surface area contributed by atoms with Crippen LogP contribution in [0, 0.1) is 5.92 Å². The van der Waals surface area contributed by atoms with Gasteiger partial charge in [0.05, 0.1) is 37.5 Å². The van der Waals surface area contributed by atoms with Crippen LogP contribution in [0.5, 0.6) is 0 Å². The summed E-state index contributed by atoms with van der Waals surface area (Å²) < 4.78 is 22.5. The number of nitrogens with one attached hydrogen (secondary N) is 1. The van der Waals surface area contributed by atoms with Gasteiger partial charge in [-0.1, -0.05) is 24.3 Å². The van der Waals surface area contributed by atoms with Crippen molar-refractivity contribution >= 4 is 17.6 Å². The maximum Gasteiger partial charge on any atom is 0.337 e. The van der Waals surface area contributed by atoms with Gasteiger partial charge < -0.3 is 24.3 Å². The molecule has 4 heterocycles. The molecule has 0 spiro atoms. The lowest BCUT2D eigenvalue weighted by Gasteiger charge is -2.48. The SMILES string of the molecule is COC(=O)C1=C(C(=O)OC)C2(C3Nc4ccccc4C4OCCCC43)C=CC1O2. The second kappa shape index (κ2) is 6.71. The Balaban J connectivity index is 1.66. The van der Waals surface area contributed by atoms with E-state index in [2.05, 4.69) is 11.4 Å². The molecule has 2 bridgehead atoms. The number of anilines is 1. The number of carbonyl (C=O) groups is 2. The Morgan fingerprint density at radius 2 is 1.97 bits per heavy atom. The minimum atomic E-state index is -1.11. The zero-order valence-corrected chi connectivity index (χ0v) is 16.3. The molecule has 1 fully saturated rings. The summed E-state index contributed by atoms with van der Waals surface area (Å²) in [7, 11) is 2.61. The third kappa shape index (κ3) is 2.50. The van der Waals surface area contributed by atoms with E-state index in [0.717, 1.165) is 24.1 Å². The lowest BCUT2D eigenvalue weighted by molar-refractivity contribution is -0.140. The zero-order chi connectivity index (χ0) is 20.2. The van der Waals surface area contributed by atoms with E-state index in [9.17, 15) is 9.59 Å². The Hall–Kier alpha value is -2.64. The molecular weight excluding hydrogens is 374 g/mol. The molecule has 1 aromatic rings. The van der Waals surface area contributed by atoms with Crippen LogP contribution in [0.25, 0.3) is 0 Å². The number of benzene rings is 1. The van der Waals surface area contributed by atoms with Crippen molar-refractivity contribution in [1.29, 1.82) is 0 Å². The third-order valence-electron chi connectivity index (χ3n) is 6.42. The number of fused-ring (bicyclic) bond motifs is 5. The summed E-state index contributed by atoms with van der Waals surface area (Å²) in [6.45, 7) is 0.696. The summed E-state index contributed by atoms with van der Waals surface area (Å²) >= 11 is 0. The average molecular weight is 397 g/mol. The molecule has 0 saturated carbocycles. The van der Waals surface area contributed by atoms with E-state index >= 15 is 0 Å². The van der Waals surface area contributed by atoms with Gasteiger partial charge in [0.15, 0.2) is 0 Å². The average Bonchev–Trinajstić information content (AvgIpc) is 3.35. The molecule has 1 aromatic carbocycles. The number of para-hydroxylation sites is 1. The second-order valence-electron chi connectivity index (χ2n) is 7.77. The molecule has 152 valence electrons. The van der Waals surface area contributed by atoms with Gasteiger partial charge in [-0.2, -0.15) is 0 Å². The van der Waals surface area contributed by atoms with Crippen molar-refractivity contribution in [2.24, 2.45) is 5.92 Å². The molecule has 0 aliphatic carbocycles. The quantitative estimate of drug-likeness (QED) is 0.619. The molecule has 7 nitrogen and oxygen atoms in total. The van der Waals surface area contributed by atoms with Crippen LogP contribution in [0.2, 0.25) is 0 Å². The van der Waals surface area contributed by atoms with Gasteiger partial charge in [-0.3, -0.25) is 0 Å². The first-order valence-electron chi connectivity index (χ1n) is 9.86. The van der Waals surface area contributed by atoms with Crippen molar-refractivity contribution in [2.75, 3.05) is 26.1 Å². The number of hydrogen-bond donors (Lipinski definition) is 1. The highest BCUT2D eigenvalue weighted by atomic mass is 16.6. The highest BCUT2D eigenvalue weighted by molar-refractivity contribution is 6.05. The van der Waals surface area contributed by atoms with E-state index in [4.69, 9.17) is 18.9 Å². The van der Waals surface area contributed by atoms with E-state index in [-0.39, 0.29) is 29.2 Å². The number of methoxy groups -OCH3 is 2. The van der Waals surface area contributed by atoms with Crippen LogP contribution >= 0.6 is 0 Å². The normalized spacial score (nSPS) is 34.3. The first kappa shape index (κ1) is 18.4. The summed E-state index contributed by atoms with van der Waals surface area (Å²) in [6, 6.07) is 7.74. The van der Waals surface area contributed by atoms with Gasteiger partial charge in [0.2, 0.25) is 0 Å². The first-order valence-corrected chi connectivity index (χ1v) is 9.86. The number of ether oxygens (including phenoxy) is 4. The van der Waals surface area contributed by atoms with Gasteiger partial charge in [0, 0.05) is 23.8 Å². The van der Waals surface area contributed by atoms with Crippen molar-refractivity contribution in [3.8, 4) is 0 Å². The van der Waals surface area contributed by atoms with Crippen LogP contribution in [0.3, 0.4) is 0 Å². The second-order valence-corrected chi connectivity index (χ2v) is 7.77. The lowest BCUT2D eigenvalue weighted by atomic mass is 9.70. The van der Waals surface area contributed by atoms with Gasteiger partial charge in [-0.05, 0) is 25.0 Å². The van der Waals surface area contributed by atoms with Crippen LogP contribution in [0.1, 0.15) is 24.5 Å². The predicted octanol–water partition coefficient (Wildman–Crippen LogP) is 2.30. The first-order chi connectivity index (χ1) is 14.1. The van der Waals surface area contributed by atoms with Crippen molar-refractivity contribution < 1.29 is 28.5 Å². The molecule has 5 atom stereocenters. The topological polar surface area (TPSA) is 83.1 Å². The lowest BCUT2D eigenvalue weighted by Crippen LogP contribution is -2.56. The van der Waals surface area contributed by atoms with Gasteiger partial charge in [0.1, 0.15) is 11.7 Å². The molecule has 4 aliphatic rings. The Morgan fingerprint density at radius 3 is 2.76 bits per heavy atom.